The number of anilines is 1. The number of carbonyl (C=O) groups is 3. The zero-order valence-electron chi connectivity index (χ0n) is 15.6. The van der Waals surface area contributed by atoms with E-state index in [1.165, 1.54) is 24.6 Å². The number of esters is 1. The Balaban J connectivity index is 1.62. The van der Waals surface area contributed by atoms with Crippen LogP contribution in [0, 0.1) is 0 Å². The number of amides is 3. The molecule has 7 nitrogen and oxygen atoms in total. The van der Waals surface area contributed by atoms with Crippen LogP contribution in [0.25, 0.3) is 0 Å². The number of ether oxygens (including phenoxy) is 1. The quantitative estimate of drug-likeness (QED) is 0.692. The first-order valence-electron chi connectivity index (χ1n) is 9.19. The number of aryl methyl sites for hydroxylation is 1. The molecule has 28 heavy (non-hydrogen) atoms. The second-order valence-electron chi connectivity index (χ2n) is 6.77. The lowest BCUT2D eigenvalue weighted by Crippen LogP contribution is -2.39. The molecule has 146 valence electrons. The van der Waals surface area contributed by atoms with Gasteiger partial charge in [0.15, 0.2) is 6.10 Å². The molecule has 3 rings (SSSR count). The highest BCUT2D eigenvalue weighted by Crippen LogP contribution is 2.29. The maximum atomic E-state index is 12.5. The molecule has 0 radical (unpaired) electrons. The summed E-state index contributed by atoms with van der Waals surface area (Å²) in [4.78, 5) is 35.8. The number of carbonyl (C=O) groups excluding carboxylic acids is 3. The van der Waals surface area contributed by atoms with Crippen LogP contribution in [-0.2, 0) is 16.0 Å². The first kappa shape index (κ1) is 19.4. The minimum absolute atomic E-state index is 0.0818. The van der Waals surface area contributed by atoms with Crippen LogP contribution >= 0.6 is 0 Å². The van der Waals surface area contributed by atoms with E-state index < -0.39 is 18.1 Å². The summed E-state index contributed by atoms with van der Waals surface area (Å²) in [6.45, 7) is 1.54. The molecule has 4 N–H and O–H groups in total. The Morgan fingerprint density at radius 3 is 2.71 bits per heavy atom. The van der Waals surface area contributed by atoms with Crippen LogP contribution in [0.1, 0.15) is 47.3 Å². The van der Waals surface area contributed by atoms with Gasteiger partial charge in [-0.15, -0.1) is 0 Å². The Hall–Kier alpha value is -3.35. The number of hydrogen-bond donors (Lipinski definition) is 3. The van der Waals surface area contributed by atoms with Crippen LogP contribution in [0.15, 0.2) is 48.5 Å². The van der Waals surface area contributed by atoms with Crippen molar-refractivity contribution in [1.29, 1.82) is 0 Å². The smallest absolute Gasteiger partial charge is 0.338 e. The van der Waals surface area contributed by atoms with Crippen molar-refractivity contribution in [3.8, 4) is 0 Å². The minimum atomic E-state index is -0.950. The van der Waals surface area contributed by atoms with Gasteiger partial charge in [-0.3, -0.25) is 4.79 Å². The van der Waals surface area contributed by atoms with E-state index >= 15 is 0 Å². The molecule has 0 aliphatic heterocycles. The number of benzene rings is 2. The maximum absolute atomic E-state index is 12.5. The summed E-state index contributed by atoms with van der Waals surface area (Å²) in [5, 5.41) is 5.37. The third kappa shape index (κ3) is 4.68. The molecule has 1 aliphatic carbocycles. The SMILES string of the molecule is C[C@H](OC(=O)c1cccc(NC(N)=O)c1)C(=O)N[C@@H]1CCCc2ccccc21. The van der Waals surface area contributed by atoms with Crippen molar-refractivity contribution >= 4 is 23.6 Å². The Morgan fingerprint density at radius 2 is 1.93 bits per heavy atom. The topological polar surface area (TPSA) is 111 Å². The van der Waals surface area contributed by atoms with Gasteiger partial charge in [0.05, 0.1) is 11.6 Å². The van der Waals surface area contributed by atoms with Gasteiger partial charge in [0, 0.05) is 5.69 Å². The van der Waals surface area contributed by atoms with E-state index in [1.807, 2.05) is 18.2 Å². The lowest BCUT2D eigenvalue weighted by Gasteiger charge is -2.27. The van der Waals surface area contributed by atoms with E-state index in [9.17, 15) is 14.4 Å². The predicted molar refractivity (Wildman–Crippen MR) is 105 cm³/mol. The van der Waals surface area contributed by atoms with Gasteiger partial charge in [-0.05, 0) is 55.5 Å². The number of fused-ring (bicyclic) bond motifs is 1. The van der Waals surface area contributed by atoms with E-state index in [-0.39, 0.29) is 17.5 Å². The summed E-state index contributed by atoms with van der Waals surface area (Å²) in [6, 6.07) is 13.4. The summed E-state index contributed by atoms with van der Waals surface area (Å²) < 4.78 is 5.29. The Kier molecular flexibility index (Phi) is 5.93. The summed E-state index contributed by atoms with van der Waals surface area (Å²) in [7, 11) is 0. The van der Waals surface area contributed by atoms with Crippen LogP contribution in [0.3, 0.4) is 0 Å². The molecule has 2 aromatic rings. The van der Waals surface area contributed by atoms with Gasteiger partial charge in [-0.2, -0.15) is 0 Å². The molecule has 1 aliphatic rings. The molecule has 2 atom stereocenters. The van der Waals surface area contributed by atoms with Crippen molar-refractivity contribution < 1.29 is 19.1 Å². The molecule has 3 amide bonds. The van der Waals surface area contributed by atoms with Crippen LogP contribution < -0.4 is 16.4 Å². The molecule has 7 heteroatoms. The third-order valence-electron chi connectivity index (χ3n) is 4.70. The summed E-state index contributed by atoms with van der Waals surface area (Å²) >= 11 is 0. The second-order valence-corrected chi connectivity index (χ2v) is 6.77. The highest BCUT2D eigenvalue weighted by Gasteiger charge is 2.25. The fourth-order valence-electron chi connectivity index (χ4n) is 3.34. The van der Waals surface area contributed by atoms with Gasteiger partial charge < -0.3 is 21.1 Å². The summed E-state index contributed by atoms with van der Waals surface area (Å²) in [5.41, 5.74) is 8.02. The second kappa shape index (κ2) is 8.56. The summed E-state index contributed by atoms with van der Waals surface area (Å²) in [6.07, 6.45) is 1.90. The molecule has 0 saturated heterocycles. The number of rotatable bonds is 5. The highest BCUT2D eigenvalue weighted by atomic mass is 16.5. The van der Waals surface area contributed by atoms with Gasteiger partial charge in [0.2, 0.25) is 0 Å². The fraction of sp³-hybridized carbons (Fsp3) is 0.286. The standard InChI is InChI=1S/C21H23N3O4/c1-13(28-20(26)15-8-4-9-16(12-15)23-21(22)27)19(25)24-18-11-5-7-14-6-2-3-10-17(14)18/h2-4,6,8-10,12-13,18H,5,7,11H2,1H3,(H,24,25)(H3,22,23,27)/t13-,18+/m0/s1. The number of hydrogen-bond acceptors (Lipinski definition) is 4. The molecule has 0 saturated carbocycles. The monoisotopic (exact) mass is 381 g/mol. The Labute approximate surface area is 163 Å². The van der Waals surface area contributed by atoms with Gasteiger partial charge in [0.25, 0.3) is 5.91 Å². The molecule has 0 aromatic heterocycles. The molecular weight excluding hydrogens is 358 g/mol. The van der Waals surface area contributed by atoms with Gasteiger partial charge in [0.1, 0.15) is 0 Å². The molecular formula is C21H23N3O4. The van der Waals surface area contributed by atoms with E-state index in [2.05, 4.69) is 16.7 Å². The first-order chi connectivity index (χ1) is 13.4. The van der Waals surface area contributed by atoms with Crippen molar-refractivity contribution in [2.24, 2.45) is 5.73 Å². The molecule has 0 unspecified atom stereocenters. The van der Waals surface area contributed by atoms with Crippen LogP contribution in [-0.4, -0.2) is 24.0 Å². The van der Waals surface area contributed by atoms with Gasteiger partial charge in [-0.25, -0.2) is 9.59 Å². The largest absolute Gasteiger partial charge is 0.449 e. The van der Waals surface area contributed by atoms with Crippen LogP contribution in [0.2, 0.25) is 0 Å². The van der Waals surface area contributed by atoms with E-state index in [1.54, 1.807) is 12.1 Å². The third-order valence-corrected chi connectivity index (χ3v) is 4.70. The van der Waals surface area contributed by atoms with Gasteiger partial charge in [-0.1, -0.05) is 30.3 Å². The zero-order valence-corrected chi connectivity index (χ0v) is 15.6. The first-order valence-corrected chi connectivity index (χ1v) is 9.19. The molecule has 0 bridgehead atoms. The average molecular weight is 381 g/mol. The molecule has 0 fully saturated rings. The Morgan fingerprint density at radius 1 is 1.14 bits per heavy atom. The van der Waals surface area contributed by atoms with E-state index in [0.717, 1.165) is 24.8 Å². The number of primary amides is 1. The molecule has 0 spiro atoms. The zero-order chi connectivity index (χ0) is 20.1. The predicted octanol–water partition coefficient (Wildman–Crippen LogP) is 2.92. The lowest BCUT2D eigenvalue weighted by molar-refractivity contribution is -0.130. The number of nitrogens with one attached hydrogen (secondary N) is 2. The van der Waals surface area contributed by atoms with Crippen LogP contribution in [0.4, 0.5) is 10.5 Å². The van der Waals surface area contributed by atoms with Crippen molar-refractivity contribution in [3.05, 3.63) is 65.2 Å². The number of nitrogens with two attached hydrogens (primary N) is 1. The van der Waals surface area contributed by atoms with Crippen molar-refractivity contribution in [1.82, 2.24) is 5.32 Å². The van der Waals surface area contributed by atoms with E-state index in [4.69, 9.17) is 10.5 Å². The normalized spacial score (nSPS) is 16.4. The maximum Gasteiger partial charge on any atom is 0.338 e. The van der Waals surface area contributed by atoms with Crippen LogP contribution in [0.5, 0.6) is 0 Å². The van der Waals surface area contributed by atoms with Crippen molar-refractivity contribution in [3.63, 3.8) is 0 Å². The molecule has 0 heterocycles. The summed E-state index contributed by atoms with van der Waals surface area (Å²) in [5.74, 6) is -0.999. The minimum Gasteiger partial charge on any atom is -0.449 e. The van der Waals surface area contributed by atoms with Crippen molar-refractivity contribution in [2.45, 2.75) is 38.3 Å². The van der Waals surface area contributed by atoms with E-state index in [0.29, 0.717) is 5.69 Å². The van der Waals surface area contributed by atoms with Gasteiger partial charge >= 0.3 is 12.0 Å². The Bertz CT molecular complexity index is 897. The van der Waals surface area contributed by atoms with Crippen molar-refractivity contribution in [2.75, 3.05) is 5.32 Å². The average Bonchev–Trinajstić information content (AvgIpc) is 2.68. The highest BCUT2D eigenvalue weighted by molar-refractivity contribution is 5.95. The molecule has 2 aromatic carbocycles. The lowest BCUT2D eigenvalue weighted by atomic mass is 9.87. The fourth-order valence-corrected chi connectivity index (χ4v) is 3.34. The number of urea groups is 1.